The van der Waals surface area contributed by atoms with E-state index in [-0.39, 0.29) is 17.8 Å². The summed E-state index contributed by atoms with van der Waals surface area (Å²) < 4.78 is 14.9. The predicted molar refractivity (Wildman–Crippen MR) is 92.5 cm³/mol. The highest BCUT2D eigenvalue weighted by molar-refractivity contribution is 5.93. The fraction of sp³-hybridized carbons (Fsp3) is 0.278. The third-order valence-corrected chi connectivity index (χ3v) is 4.22. The summed E-state index contributed by atoms with van der Waals surface area (Å²) in [5, 5.41) is 14.1. The van der Waals surface area contributed by atoms with E-state index in [0.29, 0.717) is 11.4 Å². The molecule has 1 atom stereocenters. The normalized spacial score (nSPS) is 12.2. The lowest BCUT2D eigenvalue weighted by atomic mass is 10.1. The van der Waals surface area contributed by atoms with Crippen molar-refractivity contribution < 1.29 is 9.18 Å². The Morgan fingerprint density at radius 2 is 2.08 bits per heavy atom. The van der Waals surface area contributed by atoms with Gasteiger partial charge in [-0.15, -0.1) is 0 Å². The Kier molecular flexibility index (Phi) is 4.65. The standard InChI is InChI=1S/C18H20FN5O/c1-4-24-12(3)15(10-20-24)11(2)21-18(25)17-9-16(22-23-17)13-5-7-14(19)8-6-13/h5-11H,4H2,1-3H3,(H,21,25)(H,22,23). The van der Waals surface area contributed by atoms with Crippen molar-refractivity contribution in [3.05, 3.63) is 59.3 Å². The van der Waals surface area contributed by atoms with Crippen LogP contribution in [0.25, 0.3) is 11.3 Å². The van der Waals surface area contributed by atoms with E-state index in [0.717, 1.165) is 23.4 Å². The van der Waals surface area contributed by atoms with Gasteiger partial charge in [0.2, 0.25) is 0 Å². The number of hydrogen-bond donors (Lipinski definition) is 2. The SMILES string of the molecule is CCn1ncc(C(C)NC(=O)c2cc(-c3ccc(F)cc3)n[nH]2)c1C. The molecule has 1 aromatic carbocycles. The number of halogens is 1. The molecule has 6 nitrogen and oxygen atoms in total. The fourth-order valence-corrected chi connectivity index (χ4v) is 2.76. The van der Waals surface area contributed by atoms with Crippen LogP contribution in [-0.2, 0) is 6.54 Å². The van der Waals surface area contributed by atoms with Gasteiger partial charge in [0.05, 0.1) is 17.9 Å². The van der Waals surface area contributed by atoms with Crippen LogP contribution in [0.2, 0.25) is 0 Å². The van der Waals surface area contributed by atoms with Crippen LogP contribution in [0.5, 0.6) is 0 Å². The van der Waals surface area contributed by atoms with E-state index >= 15 is 0 Å². The van der Waals surface area contributed by atoms with Gasteiger partial charge in [-0.05, 0) is 51.1 Å². The number of nitrogens with zero attached hydrogens (tertiary/aromatic N) is 3. The maximum Gasteiger partial charge on any atom is 0.269 e. The van der Waals surface area contributed by atoms with Crippen molar-refractivity contribution in [2.24, 2.45) is 0 Å². The first kappa shape index (κ1) is 16.9. The molecule has 25 heavy (non-hydrogen) atoms. The van der Waals surface area contributed by atoms with E-state index < -0.39 is 0 Å². The summed E-state index contributed by atoms with van der Waals surface area (Å²) in [5.74, 6) is -0.564. The van der Waals surface area contributed by atoms with E-state index in [1.54, 1.807) is 24.4 Å². The van der Waals surface area contributed by atoms with Gasteiger partial charge >= 0.3 is 0 Å². The molecule has 1 unspecified atom stereocenters. The highest BCUT2D eigenvalue weighted by Crippen LogP contribution is 2.20. The number of carbonyl (C=O) groups is 1. The van der Waals surface area contributed by atoms with Crippen LogP contribution in [0, 0.1) is 12.7 Å². The number of carbonyl (C=O) groups excluding carboxylic acids is 1. The van der Waals surface area contributed by atoms with Crippen LogP contribution < -0.4 is 5.32 Å². The average molecular weight is 341 g/mol. The van der Waals surface area contributed by atoms with Gasteiger partial charge in [0.25, 0.3) is 5.91 Å². The van der Waals surface area contributed by atoms with E-state index in [9.17, 15) is 9.18 Å². The van der Waals surface area contributed by atoms with Crippen molar-refractivity contribution >= 4 is 5.91 Å². The zero-order valence-corrected chi connectivity index (χ0v) is 14.4. The number of aromatic nitrogens is 4. The van der Waals surface area contributed by atoms with Crippen LogP contribution in [0.3, 0.4) is 0 Å². The molecule has 0 bridgehead atoms. The second kappa shape index (κ2) is 6.88. The molecule has 2 heterocycles. The van der Waals surface area contributed by atoms with Crippen molar-refractivity contribution in [2.75, 3.05) is 0 Å². The zero-order valence-electron chi connectivity index (χ0n) is 14.4. The third-order valence-electron chi connectivity index (χ3n) is 4.22. The number of nitrogens with one attached hydrogen (secondary N) is 2. The minimum Gasteiger partial charge on any atom is -0.344 e. The number of H-pyrrole nitrogens is 1. The first-order chi connectivity index (χ1) is 12.0. The van der Waals surface area contributed by atoms with Crippen LogP contribution in [0.15, 0.2) is 36.5 Å². The first-order valence-corrected chi connectivity index (χ1v) is 8.14. The molecular weight excluding hydrogens is 321 g/mol. The molecule has 2 aromatic heterocycles. The molecule has 0 aliphatic heterocycles. The summed E-state index contributed by atoms with van der Waals surface area (Å²) >= 11 is 0. The number of benzene rings is 1. The molecule has 0 aliphatic carbocycles. The van der Waals surface area contributed by atoms with Crippen molar-refractivity contribution in [1.29, 1.82) is 0 Å². The summed E-state index contributed by atoms with van der Waals surface area (Å²) in [5.41, 5.74) is 3.70. The smallest absolute Gasteiger partial charge is 0.269 e. The van der Waals surface area contributed by atoms with Gasteiger partial charge in [0.15, 0.2) is 0 Å². The second-order valence-electron chi connectivity index (χ2n) is 5.87. The molecule has 130 valence electrons. The van der Waals surface area contributed by atoms with Gasteiger partial charge in [-0.1, -0.05) is 0 Å². The molecular formula is C18H20FN5O. The maximum atomic E-state index is 13.0. The summed E-state index contributed by atoms with van der Waals surface area (Å²) in [6.07, 6.45) is 1.78. The lowest BCUT2D eigenvalue weighted by molar-refractivity contribution is 0.0934. The van der Waals surface area contributed by atoms with Crippen molar-refractivity contribution in [2.45, 2.75) is 33.4 Å². The minimum atomic E-state index is -0.311. The van der Waals surface area contributed by atoms with E-state index in [1.165, 1.54) is 12.1 Å². The average Bonchev–Trinajstić information content (AvgIpc) is 3.22. The lowest BCUT2D eigenvalue weighted by Gasteiger charge is -2.13. The third kappa shape index (κ3) is 3.45. The Hall–Kier alpha value is -2.96. The second-order valence-corrected chi connectivity index (χ2v) is 5.87. The number of aryl methyl sites for hydroxylation is 1. The van der Waals surface area contributed by atoms with Gasteiger partial charge in [-0.3, -0.25) is 14.6 Å². The zero-order chi connectivity index (χ0) is 18.0. The van der Waals surface area contributed by atoms with Gasteiger partial charge in [-0.25, -0.2) is 4.39 Å². The molecule has 0 saturated heterocycles. The van der Waals surface area contributed by atoms with Crippen LogP contribution in [0.4, 0.5) is 4.39 Å². The Bertz CT molecular complexity index is 881. The molecule has 0 fully saturated rings. The van der Waals surface area contributed by atoms with Crippen LogP contribution >= 0.6 is 0 Å². The number of rotatable bonds is 5. The summed E-state index contributed by atoms with van der Waals surface area (Å²) in [7, 11) is 0. The highest BCUT2D eigenvalue weighted by atomic mass is 19.1. The van der Waals surface area contributed by atoms with Crippen LogP contribution in [0.1, 0.15) is 41.6 Å². The highest BCUT2D eigenvalue weighted by Gasteiger charge is 2.18. The monoisotopic (exact) mass is 341 g/mol. The minimum absolute atomic E-state index is 0.176. The fourth-order valence-electron chi connectivity index (χ4n) is 2.76. The van der Waals surface area contributed by atoms with Gasteiger partial charge in [0.1, 0.15) is 11.5 Å². The molecule has 3 aromatic rings. The largest absolute Gasteiger partial charge is 0.344 e. The van der Waals surface area contributed by atoms with E-state index in [2.05, 4.69) is 20.6 Å². The maximum absolute atomic E-state index is 13.0. The molecule has 3 rings (SSSR count). The quantitative estimate of drug-likeness (QED) is 0.748. The van der Waals surface area contributed by atoms with Gasteiger partial charge in [-0.2, -0.15) is 10.2 Å². The molecule has 0 saturated carbocycles. The number of aromatic amines is 1. The first-order valence-electron chi connectivity index (χ1n) is 8.14. The Balaban J connectivity index is 1.73. The summed E-state index contributed by atoms with van der Waals surface area (Å²) in [6, 6.07) is 7.44. The van der Waals surface area contributed by atoms with Crippen LogP contribution in [-0.4, -0.2) is 25.9 Å². The van der Waals surface area contributed by atoms with Gasteiger partial charge < -0.3 is 5.32 Å². The van der Waals surface area contributed by atoms with Crippen molar-refractivity contribution in [1.82, 2.24) is 25.3 Å². The topological polar surface area (TPSA) is 75.6 Å². The molecule has 2 N–H and O–H groups in total. The number of hydrogen-bond acceptors (Lipinski definition) is 3. The summed E-state index contributed by atoms with van der Waals surface area (Å²) in [4.78, 5) is 12.4. The van der Waals surface area contributed by atoms with Gasteiger partial charge in [0, 0.05) is 23.4 Å². The Labute approximate surface area is 145 Å². The van der Waals surface area contributed by atoms with Crippen molar-refractivity contribution in [3.8, 4) is 11.3 Å². The molecule has 7 heteroatoms. The molecule has 0 spiro atoms. The molecule has 1 amide bonds. The van der Waals surface area contributed by atoms with E-state index in [1.807, 2.05) is 25.5 Å². The molecule has 0 radical (unpaired) electrons. The van der Waals surface area contributed by atoms with E-state index in [4.69, 9.17) is 0 Å². The number of amides is 1. The lowest BCUT2D eigenvalue weighted by Crippen LogP contribution is -2.27. The molecule has 0 aliphatic rings. The predicted octanol–water partition coefficient (Wildman–Crippen LogP) is 3.23. The Morgan fingerprint density at radius 1 is 1.36 bits per heavy atom. The van der Waals surface area contributed by atoms with Crippen molar-refractivity contribution in [3.63, 3.8) is 0 Å². The Morgan fingerprint density at radius 3 is 2.72 bits per heavy atom. The summed E-state index contributed by atoms with van der Waals surface area (Å²) in [6.45, 7) is 6.71.